The van der Waals surface area contributed by atoms with Gasteiger partial charge in [-0.25, -0.2) is 0 Å². The van der Waals surface area contributed by atoms with Gasteiger partial charge >= 0.3 is 0 Å². The van der Waals surface area contributed by atoms with E-state index in [1.165, 1.54) is 5.56 Å². The molecule has 6 heteroatoms. The molecule has 0 saturated carbocycles. The number of carbonyl (C=O) groups is 1. The van der Waals surface area contributed by atoms with Crippen LogP contribution in [0.4, 0.5) is 0 Å². The zero-order valence-electron chi connectivity index (χ0n) is 14.6. The first-order chi connectivity index (χ1) is 12.7. The van der Waals surface area contributed by atoms with Gasteiger partial charge in [0.2, 0.25) is 0 Å². The van der Waals surface area contributed by atoms with E-state index in [2.05, 4.69) is 21.5 Å². The normalized spacial score (nSPS) is 16.3. The average molecular weight is 348 g/mol. The lowest BCUT2D eigenvalue weighted by Crippen LogP contribution is -2.39. The predicted octanol–water partition coefficient (Wildman–Crippen LogP) is 2.61. The molecule has 132 valence electrons. The molecule has 3 aromatic rings. The number of carbonyl (C=O) groups excluding carboxylic acids is 1. The summed E-state index contributed by atoms with van der Waals surface area (Å²) in [6.45, 7) is 0.470. The molecule has 1 unspecified atom stereocenters. The summed E-state index contributed by atoms with van der Waals surface area (Å²) in [5.74, 6) is 0.768. The van der Waals surface area contributed by atoms with Gasteiger partial charge in [0.25, 0.3) is 5.91 Å². The van der Waals surface area contributed by atoms with Gasteiger partial charge in [0.05, 0.1) is 11.7 Å². The molecule has 26 heavy (non-hydrogen) atoms. The fraction of sp³-hybridized carbons (Fsp3) is 0.250. The number of ether oxygens (including phenoxy) is 1. The maximum Gasteiger partial charge on any atom is 0.269 e. The molecule has 4 rings (SSSR count). The second-order valence-corrected chi connectivity index (χ2v) is 6.40. The molecule has 0 aliphatic carbocycles. The van der Waals surface area contributed by atoms with E-state index in [0.29, 0.717) is 12.3 Å². The Labute approximate surface area is 151 Å². The van der Waals surface area contributed by atoms with Gasteiger partial charge in [-0.05, 0) is 42.7 Å². The Morgan fingerprint density at radius 3 is 2.88 bits per heavy atom. The number of hydrogen-bond donors (Lipinski definition) is 1. The molecule has 1 atom stereocenters. The number of aromatic nitrogens is 3. The third kappa shape index (κ3) is 3.31. The van der Waals surface area contributed by atoms with Gasteiger partial charge in [-0.3, -0.25) is 14.5 Å². The van der Waals surface area contributed by atoms with Crippen molar-refractivity contribution < 1.29 is 9.53 Å². The molecule has 0 bridgehead atoms. The van der Waals surface area contributed by atoms with E-state index in [1.54, 1.807) is 30.2 Å². The van der Waals surface area contributed by atoms with Crippen LogP contribution in [0.2, 0.25) is 0 Å². The number of nitrogens with one attached hydrogen (secondary N) is 1. The van der Waals surface area contributed by atoms with Crippen molar-refractivity contribution in [1.82, 2.24) is 20.1 Å². The van der Waals surface area contributed by atoms with E-state index in [-0.39, 0.29) is 11.9 Å². The number of aryl methyl sites for hydroxylation is 2. The average Bonchev–Trinajstić information content (AvgIpc) is 2.95. The standard InChI is InChI=1S/C20H20N4O2/c1-24-18(12-17(23-24)14-8-10-21-11-9-14)20(25)22-16-7-6-15-4-2-3-5-19(15)26-13-16/h2-5,8-12,16H,6-7,13H2,1H3,(H,22,25). The molecular formula is C20H20N4O2. The molecule has 3 heterocycles. The second kappa shape index (κ2) is 7.00. The Balaban J connectivity index is 1.47. The van der Waals surface area contributed by atoms with Crippen molar-refractivity contribution >= 4 is 5.91 Å². The maximum absolute atomic E-state index is 12.7. The minimum atomic E-state index is -0.139. The number of nitrogens with zero attached hydrogens (tertiary/aromatic N) is 3. The maximum atomic E-state index is 12.7. The number of fused-ring (bicyclic) bond motifs is 1. The summed E-state index contributed by atoms with van der Waals surface area (Å²) in [6.07, 6.45) is 5.15. The molecule has 1 aromatic carbocycles. The van der Waals surface area contributed by atoms with E-state index in [0.717, 1.165) is 29.8 Å². The Kier molecular flexibility index (Phi) is 4.39. The van der Waals surface area contributed by atoms with Crippen LogP contribution in [0.25, 0.3) is 11.3 Å². The monoisotopic (exact) mass is 348 g/mol. The summed E-state index contributed by atoms with van der Waals surface area (Å²) in [7, 11) is 1.78. The van der Waals surface area contributed by atoms with Crippen LogP contribution >= 0.6 is 0 Å². The van der Waals surface area contributed by atoms with Gasteiger partial charge in [0.15, 0.2) is 0 Å². The molecule has 0 fully saturated rings. The Morgan fingerprint density at radius 1 is 1.23 bits per heavy atom. The molecule has 2 aromatic heterocycles. The van der Waals surface area contributed by atoms with Crippen molar-refractivity contribution in [3.8, 4) is 17.0 Å². The third-order valence-corrected chi connectivity index (χ3v) is 4.60. The zero-order chi connectivity index (χ0) is 17.9. The van der Waals surface area contributed by atoms with E-state index in [9.17, 15) is 4.79 Å². The Morgan fingerprint density at radius 2 is 2.04 bits per heavy atom. The summed E-state index contributed by atoms with van der Waals surface area (Å²) in [4.78, 5) is 16.7. The SMILES string of the molecule is Cn1nc(-c2ccncc2)cc1C(=O)NC1CCc2ccccc2OC1. The molecule has 6 nitrogen and oxygen atoms in total. The predicted molar refractivity (Wildman–Crippen MR) is 98.0 cm³/mol. The minimum absolute atomic E-state index is 0.0332. The van der Waals surface area contributed by atoms with Crippen molar-refractivity contribution in [2.75, 3.05) is 6.61 Å². The minimum Gasteiger partial charge on any atom is -0.491 e. The first-order valence-electron chi connectivity index (χ1n) is 8.67. The summed E-state index contributed by atoms with van der Waals surface area (Å²) >= 11 is 0. The van der Waals surface area contributed by atoms with Crippen LogP contribution < -0.4 is 10.1 Å². The van der Waals surface area contributed by atoms with Crippen molar-refractivity contribution in [3.63, 3.8) is 0 Å². The quantitative estimate of drug-likeness (QED) is 0.790. The van der Waals surface area contributed by atoms with Crippen LogP contribution in [0.5, 0.6) is 5.75 Å². The second-order valence-electron chi connectivity index (χ2n) is 6.40. The highest BCUT2D eigenvalue weighted by Crippen LogP contribution is 2.24. The van der Waals surface area contributed by atoms with Crippen LogP contribution in [0.15, 0.2) is 54.9 Å². The number of rotatable bonds is 3. The number of amides is 1. The highest BCUT2D eigenvalue weighted by atomic mass is 16.5. The van der Waals surface area contributed by atoms with E-state index in [4.69, 9.17) is 4.74 Å². The number of benzene rings is 1. The fourth-order valence-electron chi connectivity index (χ4n) is 3.17. The topological polar surface area (TPSA) is 69.0 Å². The molecular weight excluding hydrogens is 328 g/mol. The highest BCUT2D eigenvalue weighted by Gasteiger charge is 2.21. The molecule has 1 N–H and O–H groups in total. The van der Waals surface area contributed by atoms with E-state index >= 15 is 0 Å². The van der Waals surface area contributed by atoms with Gasteiger partial charge in [-0.1, -0.05) is 18.2 Å². The summed E-state index contributed by atoms with van der Waals surface area (Å²) < 4.78 is 7.47. The van der Waals surface area contributed by atoms with Crippen LogP contribution in [-0.2, 0) is 13.5 Å². The van der Waals surface area contributed by atoms with Gasteiger partial charge < -0.3 is 10.1 Å². The summed E-state index contributed by atoms with van der Waals surface area (Å²) in [6, 6.07) is 13.5. The van der Waals surface area contributed by atoms with Gasteiger partial charge in [-0.15, -0.1) is 0 Å². The first-order valence-corrected chi connectivity index (χ1v) is 8.67. The molecule has 0 spiro atoms. The van der Waals surface area contributed by atoms with E-state index in [1.807, 2.05) is 30.3 Å². The summed E-state index contributed by atoms with van der Waals surface area (Å²) in [5.41, 5.74) is 3.40. The zero-order valence-corrected chi connectivity index (χ0v) is 14.6. The third-order valence-electron chi connectivity index (χ3n) is 4.60. The van der Waals surface area contributed by atoms with Crippen molar-refractivity contribution in [3.05, 3.63) is 66.1 Å². The van der Waals surface area contributed by atoms with Crippen LogP contribution in [0, 0.1) is 0 Å². The van der Waals surface area contributed by atoms with Gasteiger partial charge in [0, 0.05) is 25.0 Å². The molecule has 1 amide bonds. The largest absolute Gasteiger partial charge is 0.491 e. The lowest BCUT2D eigenvalue weighted by Gasteiger charge is -2.16. The first kappa shape index (κ1) is 16.3. The van der Waals surface area contributed by atoms with Crippen molar-refractivity contribution in [2.24, 2.45) is 7.05 Å². The van der Waals surface area contributed by atoms with Crippen LogP contribution in [-0.4, -0.2) is 33.3 Å². The molecule has 0 radical (unpaired) electrons. The smallest absolute Gasteiger partial charge is 0.269 e. The van der Waals surface area contributed by atoms with Crippen molar-refractivity contribution in [1.29, 1.82) is 0 Å². The number of para-hydroxylation sites is 1. The lowest BCUT2D eigenvalue weighted by atomic mass is 10.1. The molecule has 1 aliphatic heterocycles. The van der Waals surface area contributed by atoms with Crippen molar-refractivity contribution in [2.45, 2.75) is 18.9 Å². The molecule has 0 saturated heterocycles. The molecule has 1 aliphatic rings. The number of pyridine rings is 1. The van der Waals surface area contributed by atoms with Gasteiger partial charge in [0.1, 0.15) is 18.1 Å². The Hall–Kier alpha value is -3.15. The Bertz CT molecular complexity index is 894. The lowest BCUT2D eigenvalue weighted by molar-refractivity contribution is 0.0911. The van der Waals surface area contributed by atoms with E-state index < -0.39 is 0 Å². The van der Waals surface area contributed by atoms with Crippen LogP contribution in [0.3, 0.4) is 0 Å². The van der Waals surface area contributed by atoms with Gasteiger partial charge in [-0.2, -0.15) is 5.10 Å². The van der Waals surface area contributed by atoms with Crippen LogP contribution in [0.1, 0.15) is 22.5 Å². The fourth-order valence-corrected chi connectivity index (χ4v) is 3.17. The number of hydrogen-bond acceptors (Lipinski definition) is 4. The highest BCUT2D eigenvalue weighted by molar-refractivity contribution is 5.93. The summed E-state index contributed by atoms with van der Waals surface area (Å²) in [5, 5.41) is 7.52.